The van der Waals surface area contributed by atoms with Gasteiger partial charge in [-0.25, -0.2) is 0 Å². The molecule has 0 bridgehead atoms. The Morgan fingerprint density at radius 1 is 1.21 bits per heavy atom. The Hall–Kier alpha value is -0.0800. The van der Waals surface area contributed by atoms with Crippen molar-refractivity contribution in [1.82, 2.24) is 10.2 Å². The predicted octanol–water partition coefficient (Wildman–Crippen LogP) is 3.66. The van der Waals surface area contributed by atoms with Crippen molar-refractivity contribution in [3.8, 4) is 0 Å². The third kappa shape index (κ3) is 3.33. The van der Waals surface area contributed by atoms with E-state index in [0.717, 1.165) is 18.0 Å². The van der Waals surface area contributed by atoms with E-state index in [2.05, 4.69) is 44.8 Å². The van der Waals surface area contributed by atoms with Gasteiger partial charge in [0.15, 0.2) is 0 Å². The molecule has 1 aliphatic heterocycles. The van der Waals surface area contributed by atoms with Crippen LogP contribution < -0.4 is 5.32 Å². The monoisotopic (exact) mass is 266 g/mol. The highest BCUT2D eigenvalue weighted by Gasteiger charge is 2.45. The molecule has 1 N–H and O–H groups in total. The van der Waals surface area contributed by atoms with Crippen LogP contribution in [0.25, 0.3) is 0 Å². The highest BCUT2D eigenvalue weighted by Crippen LogP contribution is 2.41. The second-order valence-electron chi connectivity index (χ2n) is 7.74. The smallest absolute Gasteiger partial charge is 0.0274 e. The van der Waals surface area contributed by atoms with Crippen molar-refractivity contribution in [2.45, 2.75) is 84.8 Å². The second kappa shape index (κ2) is 6.13. The van der Waals surface area contributed by atoms with Crippen molar-refractivity contribution in [2.75, 3.05) is 13.1 Å². The van der Waals surface area contributed by atoms with Gasteiger partial charge in [-0.2, -0.15) is 0 Å². The summed E-state index contributed by atoms with van der Waals surface area (Å²) in [5.74, 6) is 0.919. The van der Waals surface area contributed by atoms with Crippen LogP contribution in [0.4, 0.5) is 0 Å². The van der Waals surface area contributed by atoms with E-state index < -0.39 is 0 Å². The van der Waals surface area contributed by atoms with Gasteiger partial charge < -0.3 is 5.32 Å². The number of hydrogen-bond acceptors (Lipinski definition) is 2. The minimum absolute atomic E-state index is 0.461. The fourth-order valence-corrected chi connectivity index (χ4v) is 4.35. The number of piperidine rings is 1. The number of likely N-dealkylation sites (tertiary alicyclic amines) is 1. The van der Waals surface area contributed by atoms with Crippen LogP contribution in [0.3, 0.4) is 0 Å². The molecule has 19 heavy (non-hydrogen) atoms. The summed E-state index contributed by atoms with van der Waals surface area (Å²) in [5.41, 5.74) is 0.461. The minimum atomic E-state index is 0.461. The van der Waals surface area contributed by atoms with Crippen molar-refractivity contribution < 1.29 is 0 Å². The SMILES string of the molecule is CCCNC1C(N2CCC(C)CC2C)CCC1(C)C. The van der Waals surface area contributed by atoms with E-state index in [-0.39, 0.29) is 0 Å². The largest absolute Gasteiger partial charge is 0.312 e. The lowest BCUT2D eigenvalue weighted by molar-refractivity contribution is 0.0602. The van der Waals surface area contributed by atoms with Crippen molar-refractivity contribution >= 4 is 0 Å². The molecule has 1 heterocycles. The van der Waals surface area contributed by atoms with Gasteiger partial charge in [0.05, 0.1) is 0 Å². The number of nitrogens with one attached hydrogen (secondary N) is 1. The van der Waals surface area contributed by atoms with Crippen molar-refractivity contribution in [2.24, 2.45) is 11.3 Å². The fourth-order valence-electron chi connectivity index (χ4n) is 4.35. The van der Waals surface area contributed by atoms with Crippen LogP contribution in [0.5, 0.6) is 0 Å². The highest BCUT2D eigenvalue weighted by molar-refractivity contribution is 5.02. The molecule has 0 aromatic heterocycles. The Morgan fingerprint density at radius 2 is 1.95 bits per heavy atom. The van der Waals surface area contributed by atoms with Crippen molar-refractivity contribution in [3.63, 3.8) is 0 Å². The maximum Gasteiger partial charge on any atom is 0.0274 e. The standard InChI is InChI=1S/C17H34N2/c1-6-10-18-16-15(7-9-17(16,4)5)19-11-8-13(2)12-14(19)3/h13-16,18H,6-12H2,1-5H3. The molecule has 0 aromatic rings. The van der Waals surface area contributed by atoms with Crippen LogP contribution >= 0.6 is 0 Å². The molecule has 4 unspecified atom stereocenters. The van der Waals surface area contributed by atoms with E-state index in [1.54, 1.807) is 0 Å². The van der Waals surface area contributed by atoms with Gasteiger partial charge in [-0.05, 0) is 63.5 Å². The van der Waals surface area contributed by atoms with Gasteiger partial charge in [0.2, 0.25) is 0 Å². The zero-order valence-electron chi connectivity index (χ0n) is 13.7. The summed E-state index contributed by atoms with van der Waals surface area (Å²) in [7, 11) is 0. The normalized spacial score (nSPS) is 39.6. The Balaban J connectivity index is 2.05. The van der Waals surface area contributed by atoms with E-state index in [1.807, 2.05) is 0 Å². The van der Waals surface area contributed by atoms with E-state index in [4.69, 9.17) is 0 Å². The van der Waals surface area contributed by atoms with Crippen LogP contribution in [0, 0.1) is 11.3 Å². The first-order valence-corrected chi connectivity index (χ1v) is 8.45. The van der Waals surface area contributed by atoms with Gasteiger partial charge in [0.1, 0.15) is 0 Å². The number of nitrogens with zero attached hydrogens (tertiary/aromatic N) is 1. The predicted molar refractivity (Wildman–Crippen MR) is 83.5 cm³/mol. The molecule has 2 fully saturated rings. The van der Waals surface area contributed by atoms with Gasteiger partial charge >= 0.3 is 0 Å². The van der Waals surface area contributed by atoms with Crippen LogP contribution in [0.1, 0.15) is 66.7 Å². The topological polar surface area (TPSA) is 15.3 Å². The molecular weight excluding hydrogens is 232 g/mol. The lowest BCUT2D eigenvalue weighted by Crippen LogP contribution is -2.56. The lowest BCUT2D eigenvalue weighted by Gasteiger charge is -2.44. The third-order valence-corrected chi connectivity index (χ3v) is 5.54. The van der Waals surface area contributed by atoms with Gasteiger partial charge in [-0.3, -0.25) is 4.90 Å². The average molecular weight is 266 g/mol. The van der Waals surface area contributed by atoms with E-state index >= 15 is 0 Å². The van der Waals surface area contributed by atoms with E-state index in [1.165, 1.54) is 45.2 Å². The maximum atomic E-state index is 3.86. The molecule has 2 heteroatoms. The summed E-state index contributed by atoms with van der Waals surface area (Å²) in [6.07, 6.45) is 6.77. The summed E-state index contributed by atoms with van der Waals surface area (Å²) < 4.78 is 0. The Bertz CT molecular complexity index is 287. The fraction of sp³-hybridized carbons (Fsp3) is 1.00. The first kappa shape index (κ1) is 15.3. The maximum absolute atomic E-state index is 3.86. The summed E-state index contributed by atoms with van der Waals surface area (Å²) >= 11 is 0. The first-order chi connectivity index (χ1) is 8.95. The summed E-state index contributed by atoms with van der Waals surface area (Å²) in [6.45, 7) is 14.5. The molecule has 0 amide bonds. The quantitative estimate of drug-likeness (QED) is 0.835. The zero-order chi connectivity index (χ0) is 14.0. The summed E-state index contributed by atoms with van der Waals surface area (Å²) in [5, 5.41) is 3.86. The van der Waals surface area contributed by atoms with Gasteiger partial charge in [-0.15, -0.1) is 0 Å². The Kier molecular flexibility index (Phi) is 4.94. The second-order valence-corrected chi connectivity index (χ2v) is 7.74. The zero-order valence-corrected chi connectivity index (χ0v) is 13.7. The van der Waals surface area contributed by atoms with Crippen molar-refractivity contribution in [1.29, 1.82) is 0 Å². The molecule has 2 aliphatic rings. The lowest BCUT2D eigenvalue weighted by atomic mass is 9.85. The molecule has 0 aromatic carbocycles. The minimum Gasteiger partial charge on any atom is -0.312 e. The number of hydrogen-bond donors (Lipinski definition) is 1. The molecular formula is C17H34N2. The van der Waals surface area contributed by atoms with Crippen LogP contribution in [0.2, 0.25) is 0 Å². The van der Waals surface area contributed by atoms with Crippen molar-refractivity contribution in [3.05, 3.63) is 0 Å². The summed E-state index contributed by atoms with van der Waals surface area (Å²) in [6, 6.07) is 2.22. The Labute approximate surface area is 120 Å². The van der Waals surface area contributed by atoms with E-state index in [9.17, 15) is 0 Å². The molecule has 1 saturated heterocycles. The third-order valence-electron chi connectivity index (χ3n) is 5.54. The Morgan fingerprint density at radius 3 is 2.58 bits per heavy atom. The molecule has 0 radical (unpaired) electrons. The molecule has 4 atom stereocenters. The van der Waals surface area contributed by atoms with Gasteiger partial charge in [0, 0.05) is 18.1 Å². The first-order valence-electron chi connectivity index (χ1n) is 8.45. The van der Waals surface area contributed by atoms with Crippen LogP contribution in [-0.2, 0) is 0 Å². The molecule has 1 aliphatic carbocycles. The van der Waals surface area contributed by atoms with E-state index in [0.29, 0.717) is 11.5 Å². The van der Waals surface area contributed by atoms with Crippen LogP contribution in [-0.4, -0.2) is 36.1 Å². The number of rotatable bonds is 4. The molecule has 2 nitrogen and oxygen atoms in total. The molecule has 1 saturated carbocycles. The van der Waals surface area contributed by atoms with Crippen LogP contribution in [0.15, 0.2) is 0 Å². The molecule has 2 rings (SSSR count). The molecule has 0 spiro atoms. The molecule has 112 valence electrons. The van der Waals surface area contributed by atoms with Gasteiger partial charge in [0.25, 0.3) is 0 Å². The highest BCUT2D eigenvalue weighted by atomic mass is 15.2. The summed E-state index contributed by atoms with van der Waals surface area (Å²) in [4.78, 5) is 2.82. The average Bonchev–Trinajstić information content (AvgIpc) is 2.62. The van der Waals surface area contributed by atoms with Gasteiger partial charge in [-0.1, -0.05) is 27.7 Å².